The van der Waals surface area contributed by atoms with Gasteiger partial charge in [-0.1, -0.05) is 19.1 Å². The molecule has 3 rings (SSSR count). The van der Waals surface area contributed by atoms with Crippen molar-refractivity contribution in [1.82, 2.24) is 15.6 Å². The van der Waals surface area contributed by atoms with E-state index in [9.17, 15) is 0 Å². The third-order valence-electron chi connectivity index (χ3n) is 4.97. The van der Waals surface area contributed by atoms with Gasteiger partial charge in [-0.15, -0.1) is 11.3 Å². The standard InChI is InChI=1S/C22H32N4O2S/c1-4-19-13-25-21(29-19)7-9-24-22(23-3)26-12-18-6-5-16(2)11-20(18)28-15-17-8-10-27-14-17/h5-6,11,13,17H,4,7-10,12,14-15H2,1-3H3,(H2,23,24,26). The van der Waals surface area contributed by atoms with Crippen LogP contribution in [0.2, 0.25) is 0 Å². The molecular weight excluding hydrogens is 384 g/mol. The van der Waals surface area contributed by atoms with Gasteiger partial charge in [0.1, 0.15) is 5.75 Å². The van der Waals surface area contributed by atoms with Crippen LogP contribution in [-0.2, 0) is 24.1 Å². The van der Waals surface area contributed by atoms with Gasteiger partial charge in [0.2, 0.25) is 0 Å². The molecule has 1 fully saturated rings. The Morgan fingerprint density at radius 1 is 1.38 bits per heavy atom. The summed E-state index contributed by atoms with van der Waals surface area (Å²) in [6, 6.07) is 6.35. The van der Waals surface area contributed by atoms with Crippen molar-refractivity contribution in [1.29, 1.82) is 0 Å². The highest BCUT2D eigenvalue weighted by molar-refractivity contribution is 7.11. The number of aromatic nitrogens is 1. The summed E-state index contributed by atoms with van der Waals surface area (Å²) in [6.07, 6.45) is 5.00. The molecule has 2 heterocycles. The number of aliphatic imine (C=N–C) groups is 1. The van der Waals surface area contributed by atoms with Crippen LogP contribution in [0.25, 0.3) is 0 Å². The predicted molar refractivity (Wildman–Crippen MR) is 119 cm³/mol. The minimum atomic E-state index is 0.491. The molecule has 0 spiro atoms. The molecule has 0 radical (unpaired) electrons. The molecule has 6 nitrogen and oxygen atoms in total. The maximum atomic E-state index is 6.13. The van der Waals surface area contributed by atoms with E-state index in [1.54, 1.807) is 18.4 Å². The minimum absolute atomic E-state index is 0.491. The summed E-state index contributed by atoms with van der Waals surface area (Å²) in [5.41, 5.74) is 2.33. The summed E-state index contributed by atoms with van der Waals surface area (Å²) in [6.45, 7) is 8.06. The predicted octanol–water partition coefficient (Wildman–Crippen LogP) is 3.34. The van der Waals surface area contributed by atoms with Crippen LogP contribution < -0.4 is 15.4 Å². The van der Waals surface area contributed by atoms with Crippen molar-refractivity contribution < 1.29 is 9.47 Å². The number of thiazole rings is 1. The summed E-state index contributed by atoms with van der Waals surface area (Å²) in [5, 5.41) is 7.93. The van der Waals surface area contributed by atoms with E-state index in [1.807, 2.05) is 6.20 Å². The molecule has 1 aliphatic rings. The summed E-state index contributed by atoms with van der Waals surface area (Å²) >= 11 is 1.78. The molecule has 0 bridgehead atoms. The quantitative estimate of drug-likeness (QED) is 0.485. The van der Waals surface area contributed by atoms with Crippen molar-refractivity contribution in [3.63, 3.8) is 0 Å². The van der Waals surface area contributed by atoms with Crippen LogP contribution in [0.4, 0.5) is 0 Å². The van der Waals surface area contributed by atoms with Gasteiger partial charge in [-0.25, -0.2) is 4.98 Å². The first-order valence-electron chi connectivity index (χ1n) is 10.4. The van der Waals surface area contributed by atoms with Gasteiger partial charge in [0.25, 0.3) is 0 Å². The highest BCUT2D eigenvalue weighted by Gasteiger charge is 2.17. The van der Waals surface area contributed by atoms with Crippen molar-refractivity contribution in [2.45, 2.75) is 39.7 Å². The highest BCUT2D eigenvalue weighted by Crippen LogP contribution is 2.22. The molecule has 1 aliphatic heterocycles. The SMILES string of the molecule is CCc1cnc(CCNC(=NC)NCc2ccc(C)cc2OCC2CCOC2)s1. The summed E-state index contributed by atoms with van der Waals surface area (Å²) in [5.74, 6) is 2.22. The van der Waals surface area contributed by atoms with Crippen LogP contribution in [0, 0.1) is 12.8 Å². The average molecular weight is 417 g/mol. The van der Waals surface area contributed by atoms with Gasteiger partial charge in [-0.3, -0.25) is 4.99 Å². The third kappa shape index (κ3) is 6.72. The Hall–Kier alpha value is -2.12. The minimum Gasteiger partial charge on any atom is -0.493 e. The van der Waals surface area contributed by atoms with Crippen LogP contribution in [0.15, 0.2) is 29.4 Å². The average Bonchev–Trinajstić information content (AvgIpc) is 3.41. The number of nitrogens with one attached hydrogen (secondary N) is 2. The Bertz CT molecular complexity index is 800. The van der Waals surface area contributed by atoms with Crippen LogP contribution in [0.5, 0.6) is 5.75 Å². The lowest BCUT2D eigenvalue weighted by Crippen LogP contribution is -2.38. The zero-order chi connectivity index (χ0) is 20.5. The fourth-order valence-electron chi connectivity index (χ4n) is 3.18. The second kappa shape index (κ2) is 11.2. The van der Waals surface area contributed by atoms with Gasteiger partial charge >= 0.3 is 0 Å². The van der Waals surface area contributed by atoms with Gasteiger partial charge < -0.3 is 20.1 Å². The third-order valence-corrected chi connectivity index (χ3v) is 6.17. The van der Waals surface area contributed by atoms with Gasteiger partial charge in [0.05, 0.1) is 18.2 Å². The van der Waals surface area contributed by atoms with Crippen molar-refractivity contribution in [2.75, 3.05) is 33.4 Å². The monoisotopic (exact) mass is 416 g/mol. The van der Waals surface area contributed by atoms with E-state index >= 15 is 0 Å². The van der Waals surface area contributed by atoms with Gasteiger partial charge in [0, 0.05) is 55.7 Å². The number of benzene rings is 1. The van der Waals surface area contributed by atoms with E-state index in [2.05, 4.69) is 52.7 Å². The molecule has 1 saturated heterocycles. The van der Waals surface area contributed by atoms with Crippen LogP contribution in [-0.4, -0.2) is 44.4 Å². The zero-order valence-electron chi connectivity index (χ0n) is 17.7. The summed E-state index contributed by atoms with van der Waals surface area (Å²) in [4.78, 5) is 10.1. The number of rotatable bonds is 9. The molecule has 29 heavy (non-hydrogen) atoms. The van der Waals surface area contributed by atoms with E-state index in [-0.39, 0.29) is 0 Å². The zero-order valence-corrected chi connectivity index (χ0v) is 18.5. The first-order chi connectivity index (χ1) is 14.2. The second-order valence-electron chi connectivity index (χ2n) is 7.33. The van der Waals surface area contributed by atoms with Gasteiger partial charge in [0.15, 0.2) is 5.96 Å². The lowest BCUT2D eigenvalue weighted by atomic mass is 10.1. The number of aryl methyl sites for hydroxylation is 2. The fourth-order valence-corrected chi connectivity index (χ4v) is 4.04. The smallest absolute Gasteiger partial charge is 0.191 e. The van der Waals surface area contributed by atoms with E-state index < -0.39 is 0 Å². The number of nitrogens with zero attached hydrogens (tertiary/aromatic N) is 2. The Labute approximate surface area is 177 Å². The second-order valence-corrected chi connectivity index (χ2v) is 8.53. The normalized spacial score (nSPS) is 16.8. The van der Waals surface area contributed by atoms with Crippen molar-refractivity contribution >= 4 is 17.3 Å². The Morgan fingerprint density at radius 3 is 3.00 bits per heavy atom. The highest BCUT2D eigenvalue weighted by atomic mass is 32.1. The van der Waals surface area contributed by atoms with Crippen molar-refractivity contribution in [3.05, 3.63) is 45.4 Å². The van der Waals surface area contributed by atoms with Crippen LogP contribution >= 0.6 is 11.3 Å². The molecule has 2 aromatic rings. The largest absolute Gasteiger partial charge is 0.493 e. The molecule has 0 saturated carbocycles. The molecule has 7 heteroatoms. The van der Waals surface area contributed by atoms with Crippen LogP contribution in [0.1, 0.15) is 34.4 Å². The maximum absolute atomic E-state index is 6.13. The van der Waals surface area contributed by atoms with E-state index in [4.69, 9.17) is 9.47 Å². The molecule has 1 unspecified atom stereocenters. The van der Waals surface area contributed by atoms with Gasteiger partial charge in [-0.05, 0) is 31.4 Å². The lowest BCUT2D eigenvalue weighted by molar-refractivity contribution is 0.166. The number of guanidine groups is 1. The lowest BCUT2D eigenvalue weighted by Gasteiger charge is -2.17. The number of ether oxygens (including phenoxy) is 2. The summed E-state index contributed by atoms with van der Waals surface area (Å²) < 4.78 is 11.6. The molecule has 0 amide bonds. The summed E-state index contributed by atoms with van der Waals surface area (Å²) in [7, 11) is 1.79. The van der Waals surface area contributed by atoms with Crippen molar-refractivity contribution in [3.8, 4) is 5.75 Å². The molecule has 2 N–H and O–H groups in total. The Balaban J connectivity index is 1.49. The molecule has 1 atom stereocenters. The van der Waals surface area contributed by atoms with Gasteiger partial charge in [-0.2, -0.15) is 0 Å². The first-order valence-corrected chi connectivity index (χ1v) is 11.2. The number of hydrogen-bond donors (Lipinski definition) is 2. The van der Waals surface area contributed by atoms with Crippen molar-refractivity contribution in [2.24, 2.45) is 10.9 Å². The maximum Gasteiger partial charge on any atom is 0.191 e. The molecule has 158 valence electrons. The van der Waals surface area contributed by atoms with Crippen LogP contribution in [0.3, 0.4) is 0 Å². The first kappa shape index (κ1) is 21.6. The van der Waals surface area contributed by atoms with E-state index in [0.717, 1.165) is 61.3 Å². The molecule has 0 aliphatic carbocycles. The molecular formula is C22H32N4O2S. The van der Waals surface area contributed by atoms with E-state index in [1.165, 1.54) is 10.4 Å². The Kier molecular flexibility index (Phi) is 8.31. The Morgan fingerprint density at radius 2 is 2.28 bits per heavy atom. The molecule has 1 aromatic heterocycles. The number of hydrogen-bond acceptors (Lipinski definition) is 5. The topological polar surface area (TPSA) is 67.8 Å². The molecule has 1 aromatic carbocycles. The fraction of sp³-hybridized carbons (Fsp3) is 0.545. The van der Waals surface area contributed by atoms with E-state index in [0.29, 0.717) is 19.1 Å².